The highest BCUT2D eigenvalue weighted by Crippen LogP contribution is 2.24. The molecule has 7 nitrogen and oxygen atoms in total. The summed E-state index contributed by atoms with van der Waals surface area (Å²) in [4.78, 5) is 12.5. The highest BCUT2D eigenvalue weighted by Gasteiger charge is 2.22. The molecular weight excluding hydrogens is 260 g/mol. The Kier molecular flexibility index (Phi) is 4.50. The highest BCUT2D eigenvalue weighted by molar-refractivity contribution is 5.42. The molecular formula is C13H16N4O3. The molecule has 7 heteroatoms. The van der Waals surface area contributed by atoms with E-state index in [4.69, 9.17) is 10.00 Å². The molecule has 2 rings (SSSR count). The molecule has 0 spiro atoms. The summed E-state index contributed by atoms with van der Waals surface area (Å²) in [5.41, 5.74) is 0.779. The number of nitriles is 1. The summed E-state index contributed by atoms with van der Waals surface area (Å²) in [5.74, 6) is 0.456. The Morgan fingerprint density at radius 1 is 1.60 bits per heavy atom. The van der Waals surface area contributed by atoms with Crippen LogP contribution >= 0.6 is 0 Å². The fourth-order valence-electron chi connectivity index (χ4n) is 2.26. The van der Waals surface area contributed by atoms with Crippen LogP contribution < -0.4 is 10.1 Å². The van der Waals surface area contributed by atoms with Crippen LogP contribution in [0.3, 0.4) is 0 Å². The van der Waals surface area contributed by atoms with E-state index in [0.717, 1.165) is 18.7 Å². The first-order valence-corrected chi connectivity index (χ1v) is 6.31. The van der Waals surface area contributed by atoms with E-state index in [9.17, 15) is 10.1 Å². The Balaban J connectivity index is 2.21. The van der Waals surface area contributed by atoms with Crippen molar-refractivity contribution in [2.45, 2.75) is 12.6 Å². The van der Waals surface area contributed by atoms with Gasteiger partial charge in [-0.2, -0.15) is 5.26 Å². The summed E-state index contributed by atoms with van der Waals surface area (Å²) >= 11 is 0. The molecule has 0 saturated carbocycles. The molecule has 0 radical (unpaired) electrons. The summed E-state index contributed by atoms with van der Waals surface area (Å²) < 4.78 is 5.09. The van der Waals surface area contributed by atoms with Crippen LogP contribution in [0, 0.1) is 21.4 Å². The van der Waals surface area contributed by atoms with Crippen LogP contribution in [0.1, 0.15) is 5.56 Å². The van der Waals surface area contributed by atoms with E-state index in [0.29, 0.717) is 18.8 Å². The Labute approximate surface area is 116 Å². The normalized spacial score (nSPS) is 19.3. The molecule has 0 aromatic heterocycles. The molecule has 1 aliphatic heterocycles. The van der Waals surface area contributed by atoms with Crippen LogP contribution in [0.2, 0.25) is 0 Å². The quantitative estimate of drug-likeness (QED) is 0.649. The maximum Gasteiger partial charge on any atom is 0.273 e. The lowest BCUT2D eigenvalue weighted by Crippen LogP contribution is -2.49. The second-order valence-electron chi connectivity index (χ2n) is 4.62. The highest BCUT2D eigenvalue weighted by atomic mass is 16.6. The minimum atomic E-state index is -0.439. The Bertz CT molecular complexity index is 541. The van der Waals surface area contributed by atoms with Crippen molar-refractivity contribution < 1.29 is 9.66 Å². The van der Waals surface area contributed by atoms with Gasteiger partial charge >= 0.3 is 0 Å². The Morgan fingerprint density at radius 2 is 2.40 bits per heavy atom. The average molecular weight is 276 g/mol. The first-order valence-electron chi connectivity index (χ1n) is 6.31. The van der Waals surface area contributed by atoms with E-state index in [2.05, 4.69) is 11.4 Å². The molecule has 1 unspecified atom stereocenters. The van der Waals surface area contributed by atoms with Crippen LogP contribution in [-0.2, 0) is 6.54 Å². The number of hydrogen-bond acceptors (Lipinski definition) is 6. The van der Waals surface area contributed by atoms with Gasteiger partial charge < -0.3 is 10.1 Å². The summed E-state index contributed by atoms with van der Waals surface area (Å²) in [6, 6.07) is 6.71. The summed E-state index contributed by atoms with van der Waals surface area (Å²) in [6.45, 7) is 2.66. The monoisotopic (exact) mass is 276 g/mol. The van der Waals surface area contributed by atoms with Crippen LogP contribution in [0.5, 0.6) is 5.75 Å². The molecule has 1 heterocycles. The summed E-state index contributed by atoms with van der Waals surface area (Å²) in [7, 11) is 1.48. The predicted octanol–water partition coefficient (Wildman–Crippen LogP) is 0.901. The molecule has 106 valence electrons. The van der Waals surface area contributed by atoms with E-state index >= 15 is 0 Å². The molecule has 1 aromatic rings. The van der Waals surface area contributed by atoms with Crippen LogP contribution in [0.4, 0.5) is 5.69 Å². The number of ether oxygens (including phenoxy) is 1. The van der Waals surface area contributed by atoms with E-state index in [-0.39, 0.29) is 11.7 Å². The van der Waals surface area contributed by atoms with Gasteiger partial charge in [-0.05, 0) is 11.6 Å². The molecule has 1 atom stereocenters. The fourth-order valence-corrected chi connectivity index (χ4v) is 2.26. The summed E-state index contributed by atoms with van der Waals surface area (Å²) in [5, 5.41) is 23.2. The Hall–Kier alpha value is -2.17. The zero-order valence-electron chi connectivity index (χ0n) is 11.2. The van der Waals surface area contributed by atoms with Gasteiger partial charge in [-0.15, -0.1) is 0 Å². The second-order valence-corrected chi connectivity index (χ2v) is 4.62. The lowest BCUT2D eigenvalue weighted by Gasteiger charge is -2.31. The number of benzene rings is 1. The van der Waals surface area contributed by atoms with E-state index in [1.54, 1.807) is 6.07 Å². The first kappa shape index (κ1) is 14.2. The number of piperazine rings is 1. The maximum atomic E-state index is 10.9. The zero-order valence-corrected chi connectivity index (χ0v) is 11.2. The number of nitro groups is 1. The topological polar surface area (TPSA) is 91.4 Å². The number of nitro benzene ring substituents is 1. The van der Waals surface area contributed by atoms with Gasteiger partial charge in [-0.3, -0.25) is 15.0 Å². The van der Waals surface area contributed by atoms with Gasteiger partial charge in [0.15, 0.2) is 0 Å². The van der Waals surface area contributed by atoms with Gasteiger partial charge in [0.25, 0.3) is 5.69 Å². The van der Waals surface area contributed by atoms with Gasteiger partial charge in [0.2, 0.25) is 0 Å². The zero-order chi connectivity index (χ0) is 14.5. The minimum Gasteiger partial charge on any atom is -0.496 e. The lowest BCUT2D eigenvalue weighted by molar-refractivity contribution is -0.385. The Morgan fingerprint density at radius 3 is 3.05 bits per heavy atom. The van der Waals surface area contributed by atoms with Crippen molar-refractivity contribution in [3.05, 3.63) is 33.9 Å². The van der Waals surface area contributed by atoms with E-state index in [1.165, 1.54) is 19.2 Å². The van der Waals surface area contributed by atoms with Crippen molar-refractivity contribution in [3.8, 4) is 11.8 Å². The molecule has 1 N–H and O–H groups in total. The number of rotatable bonds is 4. The third kappa shape index (κ3) is 3.23. The smallest absolute Gasteiger partial charge is 0.273 e. The average Bonchev–Trinajstić information content (AvgIpc) is 2.47. The van der Waals surface area contributed by atoms with Crippen molar-refractivity contribution in [1.82, 2.24) is 10.2 Å². The molecule has 0 amide bonds. The number of non-ortho nitro benzene ring substituents is 1. The van der Waals surface area contributed by atoms with Crippen molar-refractivity contribution in [3.63, 3.8) is 0 Å². The van der Waals surface area contributed by atoms with Crippen molar-refractivity contribution in [2.75, 3.05) is 26.7 Å². The lowest BCUT2D eigenvalue weighted by atomic mass is 10.1. The third-order valence-corrected chi connectivity index (χ3v) is 3.29. The van der Waals surface area contributed by atoms with Gasteiger partial charge in [0.05, 0.1) is 24.2 Å². The molecule has 1 aliphatic rings. The number of hydrogen-bond donors (Lipinski definition) is 1. The molecule has 1 saturated heterocycles. The minimum absolute atomic E-state index is 0.00277. The van der Waals surface area contributed by atoms with E-state index < -0.39 is 4.92 Å². The van der Waals surface area contributed by atoms with Gasteiger partial charge in [-0.25, -0.2) is 0 Å². The van der Waals surface area contributed by atoms with Crippen LogP contribution in [0.25, 0.3) is 0 Å². The molecule has 20 heavy (non-hydrogen) atoms. The number of nitrogens with zero attached hydrogens (tertiary/aromatic N) is 3. The van der Waals surface area contributed by atoms with Gasteiger partial charge in [0.1, 0.15) is 11.8 Å². The van der Waals surface area contributed by atoms with Gasteiger partial charge in [0, 0.05) is 32.2 Å². The summed E-state index contributed by atoms with van der Waals surface area (Å²) in [6.07, 6.45) is 0. The van der Waals surface area contributed by atoms with Crippen molar-refractivity contribution >= 4 is 5.69 Å². The van der Waals surface area contributed by atoms with Crippen LogP contribution in [-0.4, -0.2) is 42.6 Å². The number of methoxy groups -OCH3 is 1. The van der Waals surface area contributed by atoms with E-state index in [1.807, 2.05) is 4.90 Å². The molecule has 1 fully saturated rings. The molecule has 1 aromatic carbocycles. The fraction of sp³-hybridized carbons (Fsp3) is 0.462. The molecule has 0 aliphatic carbocycles. The largest absolute Gasteiger partial charge is 0.496 e. The van der Waals surface area contributed by atoms with Crippen molar-refractivity contribution in [2.24, 2.45) is 0 Å². The standard InChI is InChI=1S/C13H16N4O3/c1-20-13-5-10(4-11(6-13)17(18)19)9-16-3-2-15-8-12(16)7-14/h4-6,12,15H,2-3,8-9H2,1H3. The second kappa shape index (κ2) is 6.32. The van der Waals surface area contributed by atoms with Crippen LogP contribution in [0.15, 0.2) is 18.2 Å². The first-order chi connectivity index (χ1) is 9.63. The number of nitrogens with one attached hydrogen (secondary N) is 1. The third-order valence-electron chi connectivity index (χ3n) is 3.29. The van der Waals surface area contributed by atoms with Gasteiger partial charge in [-0.1, -0.05) is 0 Å². The predicted molar refractivity (Wildman–Crippen MR) is 72.3 cm³/mol. The maximum absolute atomic E-state index is 10.9. The SMILES string of the molecule is COc1cc(CN2CCNCC2C#N)cc([N+](=O)[O-])c1. The molecule has 0 bridgehead atoms. The van der Waals surface area contributed by atoms with Crippen molar-refractivity contribution in [1.29, 1.82) is 5.26 Å².